The van der Waals surface area contributed by atoms with E-state index >= 15 is 0 Å². The van der Waals surface area contributed by atoms with E-state index in [9.17, 15) is 9.59 Å². The van der Waals surface area contributed by atoms with Crippen LogP contribution in [0.15, 0.2) is 12.1 Å². The minimum absolute atomic E-state index is 0.0884. The summed E-state index contributed by atoms with van der Waals surface area (Å²) in [6.07, 6.45) is 0.522. The van der Waals surface area contributed by atoms with Crippen LogP contribution in [0.4, 0.5) is 0 Å². The van der Waals surface area contributed by atoms with E-state index in [0.717, 1.165) is 9.75 Å². The van der Waals surface area contributed by atoms with Crippen LogP contribution in [0.1, 0.15) is 21.0 Å². The first-order valence-corrected chi connectivity index (χ1v) is 7.71. The first-order chi connectivity index (χ1) is 9.61. The molecule has 2 heterocycles. The standard InChI is InChI=1S/C14H21N3O2S/c1-11-3-4-12(20-11)14(19)17-9-7-16(8-10-17)13(18)5-6-15-2/h3-4,15H,5-10H2,1-2H3. The smallest absolute Gasteiger partial charge is 0.264 e. The van der Waals surface area contributed by atoms with Gasteiger partial charge >= 0.3 is 0 Å². The zero-order valence-corrected chi connectivity index (χ0v) is 12.8. The predicted octanol–water partition coefficient (Wildman–Crippen LogP) is 0.950. The summed E-state index contributed by atoms with van der Waals surface area (Å²) in [5.74, 6) is 0.254. The summed E-state index contributed by atoms with van der Waals surface area (Å²) in [6, 6.07) is 3.85. The van der Waals surface area contributed by atoms with Gasteiger partial charge in [-0.05, 0) is 26.1 Å². The van der Waals surface area contributed by atoms with E-state index in [4.69, 9.17) is 0 Å². The second kappa shape index (κ2) is 6.85. The molecule has 1 aromatic heterocycles. The van der Waals surface area contributed by atoms with Crippen molar-refractivity contribution in [1.29, 1.82) is 0 Å². The molecule has 1 aliphatic heterocycles. The van der Waals surface area contributed by atoms with Gasteiger partial charge in [0.1, 0.15) is 0 Å². The average molecular weight is 295 g/mol. The zero-order chi connectivity index (χ0) is 14.5. The van der Waals surface area contributed by atoms with Crippen molar-refractivity contribution in [2.75, 3.05) is 39.8 Å². The van der Waals surface area contributed by atoms with Crippen LogP contribution in [0.5, 0.6) is 0 Å². The van der Waals surface area contributed by atoms with Crippen LogP contribution < -0.4 is 5.32 Å². The molecule has 2 rings (SSSR count). The third kappa shape index (κ3) is 3.58. The van der Waals surface area contributed by atoms with Gasteiger partial charge in [0.05, 0.1) is 4.88 Å². The van der Waals surface area contributed by atoms with E-state index in [1.54, 1.807) is 0 Å². The number of hydrogen-bond acceptors (Lipinski definition) is 4. The third-order valence-electron chi connectivity index (χ3n) is 3.46. The molecule has 5 nitrogen and oxygen atoms in total. The van der Waals surface area contributed by atoms with Gasteiger partial charge in [0.2, 0.25) is 5.91 Å². The first kappa shape index (κ1) is 15.0. The summed E-state index contributed by atoms with van der Waals surface area (Å²) < 4.78 is 0. The van der Waals surface area contributed by atoms with Crippen LogP contribution in [-0.2, 0) is 4.79 Å². The lowest BCUT2D eigenvalue weighted by molar-refractivity contribution is -0.132. The summed E-state index contributed by atoms with van der Waals surface area (Å²) in [5, 5.41) is 2.98. The maximum absolute atomic E-state index is 12.3. The summed E-state index contributed by atoms with van der Waals surface area (Å²) in [7, 11) is 1.84. The van der Waals surface area contributed by atoms with Crippen molar-refractivity contribution in [2.24, 2.45) is 0 Å². The van der Waals surface area contributed by atoms with Gasteiger partial charge in [0.15, 0.2) is 0 Å². The van der Waals surface area contributed by atoms with Crippen molar-refractivity contribution in [3.8, 4) is 0 Å². The number of nitrogens with one attached hydrogen (secondary N) is 1. The van der Waals surface area contributed by atoms with E-state index in [1.165, 1.54) is 11.3 Å². The minimum Gasteiger partial charge on any atom is -0.339 e. The number of nitrogens with zero attached hydrogens (tertiary/aromatic N) is 2. The molecule has 0 radical (unpaired) electrons. The van der Waals surface area contributed by atoms with Crippen molar-refractivity contribution in [2.45, 2.75) is 13.3 Å². The van der Waals surface area contributed by atoms with Crippen molar-refractivity contribution in [3.05, 3.63) is 21.9 Å². The summed E-state index contributed by atoms with van der Waals surface area (Å²) in [4.78, 5) is 29.8. The number of piperazine rings is 1. The summed E-state index contributed by atoms with van der Waals surface area (Å²) >= 11 is 1.53. The number of hydrogen-bond donors (Lipinski definition) is 1. The molecule has 0 bridgehead atoms. The molecule has 0 atom stereocenters. The molecule has 0 spiro atoms. The Morgan fingerprint density at radius 3 is 2.40 bits per heavy atom. The number of amides is 2. The number of carbonyl (C=O) groups is 2. The zero-order valence-electron chi connectivity index (χ0n) is 12.0. The van der Waals surface area contributed by atoms with E-state index in [1.807, 2.05) is 35.9 Å². The van der Waals surface area contributed by atoms with Crippen LogP contribution in [0.3, 0.4) is 0 Å². The molecule has 1 aliphatic rings. The average Bonchev–Trinajstić information content (AvgIpc) is 2.90. The molecule has 1 fully saturated rings. The van der Waals surface area contributed by atoms with Gasteiger partial charge in [-0.15, -0.1) is 11.3 Å². The summed E-state index contributed by atoms with van der Waals surface area (Å²) in [5.41, 5.74) is 0. The monoisotopic (exact) mass is 295 g/mol. The minimum atomic E-state index is 0.0884. The Kier molecular flexibility index (Phi) is 5.14. The second-order valence-electron chi connectivity index (χ2n) is 4.94. The first-order valence-electron chi connectivity index (χ1n) is 6.90. The molecule has 1 aromatic rings. The van der Waals surface area contributed by atoms with Crippen LogP contribution in [0.25, 0.3) is 0 Å². The number of carbonyl (C=O) groups excluding carboxylic acids is 2. The van der Waals surface area contributed by atoms with Crippen LogP contribution in [-0.4, -0.2) is 61.4 Å². The topological polar surface area (TPSA) is 52.7 Å². The van der Waals surface area contributed by atoms with E-state index in [-0.39, 0.29) is 11.8 Å². The lowest BCUT2D eigenvalue weighted by Crippen LogP contribution is -2.50. The fourth-order valence-electron chi connectivity index (χ4n) is 2.25. The lowest BCUT2D eigenvalue weighted by Gasteiger charge is -2.34. The Morgan fingerprint density at radius 2 is 1.85 bits per heavy atom. The quantitative estimate of drug-likeness (QED) is 0.900. The highest BCUT2D eigenvalue weighted by Crippen LogP contribution is 2.18. The van der Waals surface area contributed by atoms with E-state index in [0.29, 0.717) is 39.1 Å². The van der Waals surface area contributed by atoms with Crippen LogP contribution in [0, 0.1) is 6.92 Å². The predicted molar refractivity (Wildman–Crippen MR) is 80.1 cm³/mol. The normalized spacial score (nSPS) is 15.5. The molecule has 6 heteroatoms. The SMILES string of the molecule is CNCCC(=O)N1CCN(C(=O)c2ccc(C)s2)CC1. The van der Waals surface area contributed by atoms with Gasteiger partial charge in [-0.2, -0.15) is 0 Å². The third-order valence-corrected chi connectivity index (χ3v) is 4.45. The van der Waals surface area contributed by atoms with Crippen molar-refractivity contribution in [1.82, 2.24) is 15.1 Å². The van der Waals surface area contributed by atoms with Gasteiger partial charge in [-0.25, -0.2) is 0 Å². The maximum Gasteiger partial charge on any atom is 0.264 e. The molecule has 0 saturated carbocycles. The highest BCUT2D eigenvalue weighted by Gasteiger charge is 2.25. The molecule has 0 unspecified atom stereocenters. The van der Waals surface area contributed by atoms with Crippen LogP contribution in [0.2, 0.25) is 0 Å². The Hall–Kier alpha value is -1.40. The van der Waals surface area contributed by atoms with E-state index < -0.39 is 0 Å². The largest absolute Gasteiger partial charge is 0.339 e. The Labute approximate surface area is 123 Å². The number of rotatable bonds is 4. The van der Waals surface area contributed by atoms with Gasteiger partial charge in [0.25, 0.3) is 5.91 Å². The maximum atomic E-state index is 12.3. The fourth-order valence-corrected chi connectivity index (χ4v) is 3.09. The molecule has 1 saturated heterocycles. The van der Waals surface area contributed by atoms with Crippen molar-refractivity contribution >= 4 is 23.2 Å². The van der Waals surface area contributed by atoms with Gasteiger partial charge in [-0.1, -0.05) is 0 Å². The lowest BCUT2D eigenvalue weighted by atomic mass is 10.2. The number of aryl methyl sites for hydroxylation is 1. The Balaban J connectivity index is 1.85. The van der Waals surface area contributed by atoms with Crippen molar-refractivity contribution < 1.29 is 9.59 Å². The molecular weight excluding hydrogens is 274 g/mol. The van der Waals surface area contributed by atoms with Crippen molar-refractivity contribution in [3.63, 3.8) is 0 Å². The Bertz CT molecular complexity index is 479. The van der Waals surface area contributed by atoms with Crippen LogP contribution >= 0.6 is 11.3 Å². The number of thiophene rings is 1. The summed E-state index contributed by atoms with van der Waals surface area (Å²) in [6.45, 7) is 5.23. The molecule has 20 heavy (non-hydrogen) atoms. The molecule has 2 amide bonds. The van der Waals surface area contributed by atoms with Gasteiger partial charge in [0, 0.05) is 44.0 Å². The molecular formula is C14H21N3O2S. The highest BCUT2D eigenvalue weighted by molar-refractivity contribution is 7.13. The van der Waals surface area contributed by atoms with Gasteiger partial charge < -0.3 is 15.1 Å². The van der Waals surface area contributed by atoms with E-state index in [2.05, 4.69) is 5.32 Å². The second-order valence-corrected chi connectivity index (χ2v) is 6.22. The fraction of sp³-hybridized carbons (Fsp3) is 0.571. The highest BCUT2D eigenvalue weighted by atomic mass is 32.1. The van der Waals surface area contributed by atoms with Gasteiger partial charge in [-0.3, -0.25) is 9.59 Å². The molecule has 0 aliphatic carbocycles. The molecule has 0 aromatic carbocycles. The molecule has 110 valence electrons. The Morgan fingerprint density at radius 1 is 1.20 bits per heavy atom. The molecule has 1 N–H and O–H groups in total.